The van der Waals surface area contributed by atoms with Crippen molar-refractivity contribution in [3.8, 4) is 0 Å². The molecule has 1 amide bonds. The Morgan fingerprint density at radius 3 is 2.00 bits per heavy atom. The molecular formula is C21H37NO4S. The molecular weight excluding hydrogens is 362 g/mol. The second kappa shape index (κ2) is 10.3. The van der Waals surface area contributed by atoms with Crippen LogP contribution in [0.1, 0.15) is 61.8 Å². The molecule has 1 unspecified atom stereocenters. The van der Waals surface area contributed by atoms with Crippen molar-refractivity contribution in [1.82, 2.24) is 0 Å². The highest BCUT2D eigenvalue weighted by Gasteiger charge is 2.35. The van der Waals surface area contributed by atoms with Crippen LogP contribution < -0.4 is 5.73 Å². The van der Waals surface area contributed by atoms with Crippen LogP contribution in [0.15, 0.2) is 22.3 Å². The Labute approximate surface area is 168 Å². The summed E-state index contributed by atoms with van der Waals surface area (Å²) in [6, 6.07) is 0. The van der Waals surface area contributed by atoms with E-state index in [2.05, 4.69) is 0 Å². The number of ether oxygens (including phenoxy) is 1. The summed E-state index contributed by atoms with van der Waals surface area (Å²) in [7, 11) is 0. The van der Waals surface area contributed by atoms with Gasteiger partial charge in [0.15, 0.2) is 0 Å². The van der Waals surface area contributed by atoms with Crippen molar-refractivity contribution in [2.75, 3.05) is 18.6 Å². The largest absolute Gasteiger partial charge is 0.460 e. The monoisotopic (exact) mass is 399 g/mol. The number of primary amides is 1. The van der Waals surface area contributed by atoms with Crippen molar-refractivity contribution in [3.05, 3.63) is 22.3 Å². The summed E-state index contributed by atoms with van der Waals surface area (Å²) in [6.45, 7) is 15.4. The number of esters is 1. The lowest BCUT2D eigenvalue weighted by Crippen LogP contribution is -2.31. The number of thioether (sulfide) groups is 1. The van der Waals surface area contributed by atoms with Gasteiger partial charge < -0.3 is 15.6 Å². The van der Waals surface area contributed by atoms with E-state index in [9.17, 15) is 14.7 Å². The number of carbonyl (C=O) groups is 2. The molecule has 0 fully saturated rings. The summed E-state index contributed by atoms with van der Waals surface area (Å²) in [5.41, 5.74) is 7.43. The Kier molecular flexibility index (Phi) is 9.84. The lowest BCUT2D eigenvalue weighted by Gasteiger charge is -2.32. The van der Waals surface area contributed by atoms with Crippen molar-refractivity contribution in [1.29, 1.82) is 0 Å². The van der Waals surface area contributed by atoms with Gasteiger partial charge in [0, 0.05) is 22.3 Å². The Balaban J connectivity index is 5.92. The smallest absolute Gasteiger partial charge is 0.334 e. The quantitative estimate of drug-likeness (QED) is 0.454. The summed E-state index contributed by atoms with van der Waals surface area (Å²) in [5, 5.41) is 9.83. The average Bonchev–Trinajstić information content (AvgIpc) is 2.48. The molecule has 1 atom stereocenters. The third-order valence-corrected chi connectivity index (χ3v) is 5.21. The third-order valence-electron chi connectivity index (χ3n) is 4.49. The molecule has 0 aliphatic rings. The Bertz CT molecular complexity index is 608. The second-order valence-electron chi connectivity index (χ2n) is 8.91. The van der Waals surface area contributed by atoms with Gasteiger partial charge in [-0.25, -0.2) is 4.79 Å². The zero-order chi connectivity index (χ0) is 21.6. The summed E-state index contributed by atoms with van der Waals surface area (Å²) in [4.78, 5) is 24.9. The fourth-order valence-electron chi connectivity index (χ4n) is 3.07. The molecule has 0 radical (unpaired) electrons. The van der Waals surface area contributed by atoms with Gasteiger partial charge in [0.05, 0.1) is 6.10 Å². The number of hydrogen-bond acceptors (Lipinski definition) is 5. The molecule has 0 saturated carbocycles. The molecule has 0 aromatic rings. The second-order valence-corrected chi connectivity index (χ2v) is 9.82. The van der Waals surface area contributed by atoms with Gasteiger partial charge in [-0.2, -0.15) is 11.8 Å². The fourth-order valence-corrected chi connectivity index (χ4v) is 3.55. The molecule has 0 rings (SSSR count). The van der Waals surface area contributed by atoms with Crippen molar-refractivity contribution in [2.45, 2.75) is 67.9 Å². The molecule has 27 heavy (non-hydrogen) atoms. The first-order valence-electron chi connectivity index (χ1n) is 9.17. The maximum absolute atomic E-state index is 12.8. The summed E-state index contributed by atoms with van der Waals surface area (Å²) in [5.74, 6) is -0.441. The molecule has 0 aliphatic heterocycles. The molecule has 0 aliphatic carbocycles. The van der Waals surface area contributed by atoms with Crippen LogP contribution in [0.3, 0.4) is 0 Å². The fraction of sp³-hybridized carbons (Fsp3) is 0.714. The number of allylic oxidation sites excluding steroid dienone is 2. The average molecular weight is 400 g/mol. The predicted octanol–water partition coefficient (Wildman–Crippen LogP) is 3.85. The summed E-state index contributed by atoms with van der Waals surface area (Å²) >= 11 is 1.49. The van der Waals surface area contributed by atoms with E-state index in [-0.39, 0.29) is 12.0 Å². The standard InChI is InChI=1S/C21H37NO4S/c1-13(2)17(19(25)26-11-15(23)12-27-9)21(7,8)14(3)16(18(22)24)10-20(4,5)6/h15,23H,10-12H2,1-9H3,(H2,22,24)/b16-14+. The molecule has 0 saturated heterocycles. The normalized spacial score (nSPS) is 14.3. The highest BCUT2D eigenvalue weighted by atomic mass is 32.2. The van der Waals surface area contributed by atoms with E-state index in [1.807, 2.05) is 61.6 Å². The van der Waals surface area contributed by atoms with Gasteiger partial charge in [0.2, 0.25) is 5.91 Å². The van der Waals surface area contributed by atoms with Crippen molar-refractivity contribution < 1.29 is 19.4 Å². The molecule has 5 nitrogen and oxygen atoms in total. The zero-order valence-corrected chi connectivity index (χ0v) is 19.2. The summed E-state index contributed by atoms with van der Waals surface area (Å²) < 4.78 is 5.36. The number of rotatable bonds is 9. The van der Waals surface area contributed by atoms with Crippen LogP contribution in [-0.4, -0.2) is 41.7 Å². The number of amides is 1. The number of hydrogen-bond donors (Lipinski definition) is 2. The van der Waals surface area contributed by atoms with Crippen molar-refractivity contribution in [2.24, 2.45) is 16.6 Å². The van der Waals surface area contributed by atoms with Gasteiger partial charge in [0.25, 0.3) is 0 Å². The topological polar surface area (TPSA) is 89.6 Å². The van der Waals surface area contributed by atoms with Crippen molar-refractivity contribution in [3.63, 3.8) is 0 Å². The van der Waals surface area contributed by atoms with Crippen LogP contribution in [0.5, 0.6) is 0 Å². The highest BCUT2D eigenvalue weighted by Crippen LogP contribution is 2.41. The van der Waals surface area contributed by atoms with Crippen LogP contribution in [0, 0.1) is 10.8 Å². The number of nitrogens with two attached hydrogens (primary N) is 1. The van der Waals surface area contributed by atoms with Crippen LogP contribution in [0.4, 0.5) is 0 Å². The first-order chi connectivity index (χ1) is 12.1. The van der Waals surface area contributed by atoms with Crippen LogP contribution in [0.2, 0.25) is 0 Å². The molecule has 0 heterocycles. The first kappa shape index (κ1) is 25.7. The Morgan fingerprint density at radius 1 is 1.11 bits per heavy atom. The van der Waals surface area contributed by atoms with Gasteiger partial charge in [-0.15, -0.1) is 0 Å². The number of carbonyl (C=O) groups excluding carboxylic acids is 2. The van der Waals surface area contributed by atoms with Gasteiger partial charge in [-0.1, -0.05) is 45.8 Å². The van der Waals surface area contributed by atoms with Crippen LogP contribution >= 0.6 is 11.8 Å². The minimum Gasteiger partial charge on any atom is -0.460 e. The van der Waals surface area contributed by atoms with Gasteiger partial charge in [0.1, 0.15) is 6.61 Å². The Morgan fingerprint density at radius 2 is 1.63 bits per heavy atom. The van der Waals surface area contributed by atoms with E-state index in [0.29, 0.717) is 23.3 Å². The van der Waals surface area contributed by atoms with Crippen molar-refractivity contribution >= 4 is 23.6 Å². The maximum atomic E-state index is 12.8. The molecule has 0 bridgehead atoms. The predicted molar refractivity (Wildman–Crippen MR) is 113 cm³/mol. The first-order valence-corrected chi connectivity index (χ1v) is 10.6. The van der Waals surface area contributed by atoms with Crippen LogP contribution in [-0.2, 0) is 14.3 Å². The minimum absolute atomic E-state index is 0.0556. The van der Waals surface area contributed by atoms with E-state index >= 15 is 0 Å². The molecule has 6 heteroatoms. The van der Waals surface area contributed by atoms with Crippen LogP contribution in [0.25, 0.3) is 0 Å². The van der Waals surface area contributed by atoms with E-state index in [1.54, 1.807) is 0 Å². The van der Waals surface area contributed by atoms with E-state index < -0.39 is 23.4 Å². The lowest BCUT2D eigenvalue weighted by molar-refractivity contribution is -0.142. The van der Waals surface area contributed by atoms with Gasteiger partial charge in [-0.05, 0) is 38.9 Å². The molecule has 0 spiro atoms. The molecule has 0 aromatic carbocycles. The molecule has 0 aromatic heterocycles. The molecule has 156 valence electrons. The lowest BCUT2D eigenvalue weighted by atomic mass is 9.72. The zero-order valence-electron chi connectivity index (χ0n) is 18.4. The van der Waals surface area contributed by atoms with E-state index in [1.165, 1.54) is 11.8 Å². The number of aliphatic hydroxyl groups excluding tert-OH is 1. The Hall–Kier alpha value is -1.27. The van der Waals surface area contributed by atoms with Gasteiger partial charge >= 0.3 is 5.97 Å². The molecule has 3 N–H and O–H groups in total. The number of aliphatic hydroxyl groups is 1. The minimum atomic E-state index is -0.726. The third kappa shape index (κ3) is 8.09. The summed E-state index contributed by atoms with van der Waals surface area (Å²) in [6.07, 6.45) is 1.70. The maximum Gasteiger partial charge on any atom is 0.334 e. The van der Waals surface area contributed by atoms with E-state index in [0.717, 1.165) is 11.1 Å². The van der Waals surface area contributed by atoms with E-state index in [4.69, 9.17) is 10.5 Å². The highest BCUT2D eigenvalue weighted by molar-refractivity contribution is 7.98. The SMILES string of the molecule is CSCC(O)COC(=O)C(=C(C)C)C(C)(C)/C(C)=C(\CC(C)(C)C)C(N)=O. The van der Waals surface area contributed by atoms with Gasteiger partial charge in [-0.3, -0.25) is 4.79 Å².